The Morgan fingerprint density at radius 2 is 2.21 bits per heavy atom. The molecule has 3 aromatic rings. The van der Waals surface area contributed by atoms with E-state index in [1.807, 2.05) is 42.3 Å². The lowest BCUT2D eigenvalue weighted by Gasteiger charge is -2.22. The van der Waals surface area contributed by atoms with Gasteiger partial charge >= 0.3 is 0 Å². The van der Waals surface area contributed by atoms with Crippen LogP contribution in [0.3, 0.4) is 0 Å². The molecule has 4 rings (SSSR count). The van der Waals surface area contributed by atoms with Gasteiger partial charge in [0.1, 0.15) is 12.3 Å². The molecule has 0 radical (unpaired) electrons. The van der Waals surface area contributed by atoms with E-state index in [-0.39, 0.29) is 11.9 Å². The molecule has 2 aromatic heterocycles. The Balaban J connectivity index is 1.59. The Bertz CT molecular complexity index is 882. The van der Waals surface area contributed by atoms with Gasteiger partial charge in [-0.3, -0.25) is 9.78 Å². The molecule has 0 spiro atoms. The number of fused-ring (bicyclic) bond motifs is 1. The van der Waals surface area contributed by atoms with Gasteiger partial charge in [0.05, 0.1) is 12.1 Å². The van der Waals surface area contributed by atoms with E-state index < -0.39 is 0 Å². The number of aryl methyl sites for hydroxylation is 1. The predicted molar refractivity (Wildman–Crippen MR) is 90.4 cm³/mol. The van der Waals surface area contributed by atoms with Crippen LogP contribution in [0.25, 0.3) is 10.8 Å². The fraction of sp³-hybridized carbons (Fsp3) is 0.316. The van der Waals surface area contributed by atoms with E-state index >= 15 is 0 Å². The Hall–Kier alpha value is -2.69. The first kappa shape index (κ1) is 14.9. The maximum atomic E-state index is 12.9. The largest absolute Gasteiger partial charge is 0.446 e. The van der Waals surface area contributed by atoms with Gasteiger partial charge in [0.25, 0.3) is 0 Å². The van der Waals surface area contributed by atoms with Gasteiger partial charge < -0.3 is 9.32 Å². The maximum absolute atomic E-state index is 12.9. The zero-order chi connectivity index (χ0) is 16.5. The van der Waals surface area contributed by atoms with E-state index in [0.717, 1.165) is 41.4 Å². The molecule has 5 nitrogen and oxygen atoms in total. The average molecular weight is 321 g/mol. The molecule has 0 N–H and O–H groups in total. The Morgan fingerprint density at radius 1 is 1.33 bits per heavy atom. The second kappa shape index (κ2) is 6.07. The number of hydrogen-bond donors (Lipinski definition) is 0. The van der Waals surface area contributed by atoms with Crippen molar-refractivity contribution in [1.29, 1.82) is 0 Å². The van der Waals surface area contributed by atoms with Gasteiger partial charge in [-0.25, -0.2) is 4.98 Å². The first-order chi connectivity index (χ1) is 11.7. The van der Waals surface area contributed by atoms with Gasteiger partial charge in [-0.1, -0.05) is 24.3 Å². The van der Waals surface area contributed by atoms with Crippen LogP contribution in [0.4, 0.5) is 0 Å². The highest BCUT2D eigenvalue weighted by atomic mass is 16.3. The van der Waals surface area contributed by atoms with Crippen molar-refractivity contribution in [3.05, 3.63) is 60.1 Å². The summed E-state index contributed by atoms with van der Waals surface area (Å²) in [6.45, 7) is 2.65. The van der Waals surface area contributed by atoms with Crippen LogP contribution in [0.2, 0.25) is 0 Å². The standard InChI is InChI=1S/C19H19N3O2/c1-13-12-24-19(21-13)17-7-4-8-22(17)18(23)9-15-11-20-10-14-5-2-3-6-16(14)15/h2-3,5-6,10-12,17H,4,7-9H2,1H3. The van der Waals surface area contributed by atoms with Crippen LogP contribution in [-0.2, 0) is 11.2 Å². The van der Waals surface area contributed by atoms with E-state index in [1.54, 1.807) is 12.5 Å². The Labute approximate surface area is 140 Å². The molecule has 1 aliphatic rings. The molecule has 1 saturated heterocycles. The number of amides is 1. The number of pyridine rings is 1. The van der Waals surface area contributed by atoms with Gasteiger partial charge in [0.15, 0.2) is 0 Å². The summed E-state index contributed by atoms with van der Waals surface area (Å²) in [5.41, 5.74) is 1.81. The van der Waals surface area contributed by atoms with Crippen LogP contribution in [0.5, 0.6) is 0 Å². The summed E-state index contributed by atoms with van der Waals surface area (Å²) in [7, 11) is 0. The second-order valence-electron chi connectivity index (χ2n) is 6.27. The minimum absolute atomic E-state index is 0.0471. The number of likely N-dealkylation sites (tertiary alicyclic amines) is 1. The summed E-state index contributed by atoms with van der Waals surface area (Å²) < 4.78 is 5.53. The fourth-order valence-electron chi connectivity index (χ4n) is 3.43. The number of carbonyl (C=O) groups excluding carboxylic acids is 1. The molecular formula is C19H19N3O2. The minimum atomic E-state index is -0.0471. The second-order valence-corrected chi connectivity index (χ2v) is 6.27. The molecule has 1 aliphatic heterocycles. The highest BCUT2D eigenvalue weighted by Gasteiger charge is 2.33. The van der Waals surface area contributed by atoms with E-state index in [1.165, 1.54) is 0 Å². The first-order valence-electron chi connectivity index (χ1n) is 8.25. The molecule has 5 heteroatoms. The molecule has 0 saturated carbocycles. The topological polar surface area (TPSA) is 59.2 Å². The number of aromatic nitrogens is 2. The maximum Gasteiger partial charge on any atom is 0.227 e. The van der Waals surface area contributed by atoms with Crippen molar-refractivity contribution < 1.29 is 9.21 Å². The van der Waals surface area contributed by atoms with Crippen molar-refractivity contribution in [2.75, 3.05) is 6.54 Å². The van der Waals surface area contributed by atoms with Crippen LogP contribution in [0.15, 0.2) is 47.3 Å². The zero-order valence-electron chi connectivity index (χ0n) is 13.6. The molecule has 3 heterocycles. The lowest BCUT2D eigenvalue weighted by Crippen LogP contribution is -2.32. The van der Waals surface area contributed by atoms with Gasteiger partial charge in [-0.2, -0.15) is 0 Å². The summed E-state index contributed by atoms with van der Waals surface area (Å²) in [5, 5.41) is 2.15. The molecule has 122 valence electrons. The number of hydrogen-bond acceptors (Lipinski definition) is 4. The number of carbonyl (C=O) groups is 1. The number of benzene rings is 1. The fourth-order valence-corrected chi connectivity index (χ4v) is 3.43. The van der Waals surface area contributed by atoms with E-state index in [9.17, 15) is 4.79 Å². The van der Waals surface area contributed by atoms with Crippen molar-refractivity contribution in [2.24, 2.45) is 0 Å². The Morgan fingerprint density at radius 3 is 3.04 bits per heavy atom. The predicted octanol–water partition coefficient (Wildman–Crippen LogP) is 3.44. The molecule has 1 amide bonds. The van der Waals surface area contributed by atoms with E-state index in [0.29, 0.717) is 12.3 Å². The van der Waals surface area contributed by atoms with Crippen molar-refractivity contribution >= 4 is 16.7 Å². The lowest BCUT2D eigenvalue weighted by molar-refractivity contribution is -0.131. The third-order valence-electron chi connectivity index (χ3n) is 4.59. The summed E-state index contributed by atoms with van der Waals surface area (Å²) in [6.07, 6.45) is 7.50. The minimum Gasteiger partial charge on any atom is -0.446 e. The molecule has 1 atom stereocenters. The van der Waals surface area contributed by atoms with Crippen LogP contribution >= 0.6 is 0 Å². The summed E-state index contributed by atoms with van der Waals surface area (Å²) in [4.78, 5) is 23.5. The van der Waals surface area contributed by atoms with Crippen LogP contribution in [0.1, 0.15) is 36.0 Å². The molecule has 1 aromatic carbocycles. The van der Waals surface area contributed by atoms with Crippen molar-refractivity contribution in [3.8, 4) is 0 Å². The molecular weight excluding hydrogens is 302 g/mol. The monoisotopic (exact) mass is 321 g/mol. The third kappa shape index (κ3) is 2.66. The summed E-state index contributed by atoms with van der Waals surface area (Å²) >= 11 is 0. The van der Waals surface area contributed by atoms with E-state index in [4.69, 9.17) is 4.42 Å². The number of oxazole rings is 1. The molecule has 1 unspecified atom stereocenters. The van der Waals surface area contributed by atoms with Crippen LogP contribution in [0, 0.1) is 6.92 Å². The molecule has 0 bridgehead atoms. The van der Waals surface area contributed by atoms with Gasteiger partial charge in [0, 0.05) is 24.3 Å². The van der Waals surface area contributed by atoms with Crippen LogP contribution in [-0.4, -0.2) is 27.3 Å². The zero-order valence-corrected chi connectivity index (χ0v) is 13.6. The third-order valence-corrected chi connectivity index (χ3v) is 4.59. The SMILES string of the molecule is Cc1coc(C2CCCN2C(=O)Cc2cncc3ccccc23)n1. The normalized spacial score (nSPS) is 17.5. The average Bonchev–Trinajstić information content (AvgIpc) is 3.24. The number of rotatable bonds is 3. The van der Waals surface area contributed by atoms with Crippen molar-refractivity contribution in [3.63, 3.8) is 0 Å². The van der Waals surface area contributed by atoms with Crippen LogP contribution < -0.4 is 0 Å². The summed E-state index contributed by atoms with van der Waals surface area (Å²) in [5.74, 6) is 0.751. The number of nitrogens with zero attached hydrogens (tertiary/aromatic N) is 3. The van der Waals surface area contributed by atoms with E-state index in [2.05, 4.69) is 9.97 Å². The van der Waals surface area contributed by atoms with Crippen molar-refractivity contribution in [2.45, 2.75) is 32.2 Å². The Kier molecular flexibility index (Phi) is 3.76. The highest BCUT2D eigenvalue weighted by molar-refractivity contribution is 5.89. The highest BCUT2D eigenvalue weighted by Crippen LogP contribution is 2.32. The van der Waals surface area contributed by atoms with Gasteiger partial charge in [-0.15, -0.1) is 0 Å². The van der Waals surface area contributed by atoms with Gasteiger partial charge in [-0.05, 0) is 30.7 Å². The smallest absolute Gasteiger partial charge is 0.227 e. The quantitative estimate of drug-likeness (QED) is 0.741. The first-order valence-corrected chi connectivity index (χ1v) is 8.25. The van der Waals surface area contributed by atoms with Crippen molar-refractivity contribution in [1.82, 2.24) is 14.9 Å². The summed E-state index contributed by atoms with van der Waals surface area (Å²) in [6, 6.07) is 7.99. The van der Waals surface area contributed by atoms with Gasteiger partial charge in [0.2, 0.25) is 11.8 Å². The molecule has 0 aliphatic carbocycles. The molecule has 1 fully saturated rings. The lowest BCUT2D eigenvalue weighted by atomic mass is 10.0. The molecule has 24 heavy (non-hydrogen) atoms.